The Labute approximate surface area is 104 Å². The summed E-state index contributed by atoms with van der Waals surface area (Å²) in [6.45, 7) is 2.25. The van der Waals surface area contributed by atoms with Gasteiger partial charge in [-0.15, -0.1) is 0 Å². The molecule has 0 fully saturated rings. The minimum atomic E-state index is 0.216. The molecule has 0 amide bonds. The zero-order valence-corrected chi connectivity index (χ0v) is 10.4. The summed E-state index contributed by atoms with van der Waals surface area (Å²) in [6, 6.07) is 6.56. The molecule has 0 bridgehead atoms. The molecule has 1 aromatic carbocycles. The lowest BCUT2D eigenvalue weighted by atomic mass is 10.3. The van der Waals surface area contributed by atoms with E-state index in [0.29, 0.717) is 17.5 Å². The van der Waals surface area contributed by atoms with Gasteiger partial charge >= 0.3 is 0 Å². The van der Waals surface area contributed by atoms with Gasteiger partial charge < -0.3 is 9.84 Å². The van der Waals surface area contributed by atoms with E-state index in [0.717, 1.165) is 11.3 Å². The molecule has 2 rings (SSSR count). The normalized spacial score (nSPS) is 10.5. The summed E-state index contributed by atoms with van der Waals surface area (Å²) in [6.07, 6.45) is 0. The van der Waals surface area contributed by atoms with Crippen molar-refractivity contribution in [2.24, 2.45) is 7.05 Å². The molecule has 0 spiro atoms. The number of hydrogen-bond acceptors (Lipinski definition) is 3. The minimum Gasteiger partial charge on any atom is -0.508 e. The Morgan fingerprint density at radius 2 is 2.00 bits per heavy atom. The van der Waals surface area contributed by atoms with Crippen LogP contribution in [0.15, 0.2) is 24.3 Å². The molecule has 0 atom stereocenters. The van der Waals surface area contributed by atoms with Gasteiger partial charge in [0.2, 0.25) is 0 Å². The van der Waals surface area contributed by atoms with Gasteiger partial charge in [-0.3, -0.25) is 4.68 Å². The third-order valence-corrected chi connectivity index (χ3v) is 2.96. The fourth-order valence-electron chi connectivity index (χ4n) is 1.54. The molecule has 90 valence electrons. The number of rotatable bonds is 3. The molecule has 1 N–H and O–H groups in total. The van der Waals surface area contributed by atoms with Crippen molar-refractivity contribution in [1.29, 1.82) is 0 Å². The van der Waals surface area contributed by atoms with Crippen LogP contribution in [-0.4, -0.2) is 14.9 Å². The number of aromatic nitrogens is 2. The molecular formula is C12H13ClN2O2. The molecule has 5 heteroatoms. The topological polar surface area (TPSA) is 47.3 Å². The monoisotopic (exact) mass is 252 g/mol. The van der Waals surface area contributed by atoms with Crippen LogP contribution in [0.3, 0.4) is 0 Å². The van der Waals surface area contributed by atoms with Crippen molar-refractivity contribution in [3.8, 4) is 11.5 Å². The van der Waals surface area contributed by atoms with Gasteiger partial charge in [-0.25, -0.2) is 0 Å². The first-order valence-corrected chi connectivity index (χ1v) is 5.55. The third-order valence-electron chi connectivity index (χ3n) is 2.49. The van der Waals surface area contributed by atoms with E-state index >= 15 is 0 Å². The fraction of sp³-hybridized carbons (Fsp3) is 0.250. The molecule has 2 aromatic rings. The Hall–Kier alpha value is -1.68. The average Bonchev–Trinajstić information content (AvgIpc) is 2.54. The number of phenolic OH excluding ortho intramolecular Hbond substituents is 1. The van der Waals surface area contributed by atoms with Crippen LogP contribution in [0.4, 0.5) is 0 Å². The smallest absolute Gasteiger partial charge is 0.133 e. The summed E-state index contributed by atoms with van der Waals surface area (Å²) in [4.78, 5) is 0. The summed E-state index contributed by atoms with van der Waals surface area (Å²) >= 11 is 6.09. The molecule has 0 aliphatic rings. The zero-order chi connectivity index (χ0) is 12.4. The van der Waals surface area contributed by atoms with Crippen LogP contribution < -0.4 is 4.74 Å². The summed E-state index contributed by atoms with van der Waals surface area (Å²) < 4.78 is 7.19. The molecule has 17 heavy (non-hydrogen) atoms. The Bertz CT molecular complexity index is 520. The van der Waals surface area contributed by atoms with Crippen molar-refractivity contribution in [2.75, 3.05) is 0 Å². The second-order valence-electron chi connectivity index (χ2n) is 3.76. The van der Waals surface area contributed by atoms with Crippen molar-refractivity contribution < 1.29 is 9.84 Å². The second kappa shape index (κ2) is 4.67. The molecule has 1 heterocycles. The van der Waals surface area contributed by atoms with E-state index in [1.807, 2.05) is 6.92 Å². The maximum Gasteiger partial charge on any atom is 0.133 e. The van der Waals surface area contributed by atoms with Crippen molar-refractivity contribution in [3.63, 3.8) is 0 Å². The van der Waals surface area contributed by atoms with E-state index in [1.165, 1.54) is 0 Å². The first-order valence-electron chi connectivity index (χ1n) is 5.17. The molecule has 4 nitrogen and oxygen atoms in total. The van der Waals surface area contributed by atoms with E-state index in [2.05, 4.69) is 5.10 Å². The van der Waals surface area contributed by atoms with Gasteiger partial charge in [-0.05, 0) is 31.2 Å². The van der Waals surface area contributed by atoms with Crippen LogP contribution in [0.1, 0.15) is 11.3 Å². The van der Waals surface area contributed by atoms with Crippen molar-refractivity contribution in [1.82, 2.24) is 9.78 Å². The lowest BCUT2D eigenvalue weighted by molar-refractivity contribution is 0.305. The molecular weight excluding hydrogens is 240 g/mol. The Kier molecular flexibility index (Phi) is 3.24. The van der Waals surface area contributed by atoms with Crippen LogP contribution in [0.5, 0.6) is 11.5 Å². The van der Waals surface area contributed by atoms with E-state index in [4.69, 9.17) is 21.4 Å². The van der Waals surface area contributed by atoms with Crippen LogP contribution in [0.25, 0.3) is 0 Å². The molecule has 0 aliphatic heterocycles. The quantitative estimate of drug-likeness (QED) is 0.914. The van der Waals surface area contributed by atoms with Crippen molar-refractivity contribution in [2.45, 2.75) is 13.5 Å². The van der Waals surface area contributed by atoms with E-state index in [9.17, 15) is 0 Å². The molecule has 1 aromatic heterocycles. The number of aromatic hydroxyl groups is 1. The van der Waals surface area contributed by atoms with Crippen molar-refractivity contribution >= 4 is 11.6 Å². The molecule has 0 unspecified atom stereocenters. The first-order chi connectivity index (χ1) is 8.08. The SMILES string of the molecule is Cc1nn(C)c(Cl)c1COc1ccc(O)cc1. The number of nitrogens with zero attached hydrogens (tertiary/aromatic N) is 2. The molecule has 0 radical (unpaired) electrons. The highest BCUT2D eigenvalue weighted by molar-refractivity contribution is 6.30. The summed E-state index contributed by atoms with van der Waals surface area (Å²) in [5.74, 6) is 0.898. The minimum absolute atomic E-state index is 0.216. The lowest BCUT2D eigenvalue weighted by Crippen LogP contribution is -1.97. The zero-order valence-electron chi connectivity index (χ0n) is 9.64. The van der Waals surface area contributed by atoms with Gasteiger partial charge in [0.1, 0.15) is 23.3 Å². The second-order valence-corrected chi connectivity index (χ2v) is 4.12. The molecule has 0 aliphatic carbocycles. The fourth-order valence-corrected chi connectivity index (χ4v) is 1.76. The number of benzene rings is 1. The summed E-state index contributed by atoms with van der Waals surface area (Å²) in [5, 5.41) is 13.9. The Morgan fingerprint density at radius 3 is 2.53 bits per heavy atom. The predicted octanol–water partition coefficient (Wildman–Crippen LogP) is 2.67. The van der Waals surface area contributed by atoms with E-state index in [-0.39, 0.29) is 5.75 Å². The summed E-state index contributed by atoms with van der Waals surface area (Å²) in [5.41, 5.74) is 1.73. The van der Waals surface area contributed by atoms with Gasteiger partial charge in [0, 0.05) is 12.6 Å². The van der Waals surface area contributed by atoms with Gasteiger partial charge in [0.05, 0.1) is 5.69 Å². The van der Waals surface area contributed by atoms with Gasteiger partial charge in [-0.1, -0.05) is 11.6 Å². The maximum atomic E-state index is 9.14. The van der Waals surface area contributed by atoms with Crippen LogP contribution in [0, 0.1) is 6.92 Å². The number of hydrogen-bond donors (Lipinski definition) is 1. The van der Waals surface area contributed by atoms with Gasteiger partial charge in [0.15, 0.2) is 0 Å². The highest BCUT2D eigenvalue weighted by Gasteiger charge is 2.11. The van der Waals surface area contributed by atoms with E-state index < -0.39 is 0 Å². The first kappa shape index (κ1) is 11.8. The Morgan fingerprint density at radius 1 is 1.35 bits per heavy atom. The number of aryl methyl sites for hydroxylation is 2. The number of halogens is 1. The van der Waals surface area contributed by atoms with Crippen molar-refractivity contribution in [3.05, 3.63) is 40.7 Å². The lowest BCUT2D eigenvalue weighted by Gasteiger charge is -2.05. The largest absolute Gasteiger partial charge is 0.508 e. The molecule has 0 saturated carbocycles. The Balaban J connectivity index is 2.09. The van der Waals surface area contributed by atoms with Gasteiger partial charge in [0.25, 0.3) is 0 Å². The highest BCUT2D eigenvalue weighted by atomic mass is 35.5. The maximum absolute atomic E-state index is 9.14. The average molecular weight is 253 g/mol. The highest BCUT2D eigenvalue weighted by Crippen LogP contribution is 2.22. The van der Waals surface area contributed by atoms with Crippen LogP contribution in [-0.2, 0) is 13.7 Å². The number of phenols is 1. The standard InChI is InChI=1S/C12H13ClN2O2/c1-8-11(12(13)15(2)14-8)7-17-10-5-3-9(16)4-6-10/h3-6,16H,7H2,1-2H3. The summed E-state index contributed by atoms with van der Waals surface area (Å²) in [7, 11) is 1.79. The van der Waals surface area contributed by atoms with E-state index in [1.54, 1.807) is 36.0 Å². The predicted molar refractivity (Wildman–Crippen MR) is 65.4 cm³/mol. The third kappa shape index (κ3) is 2.53. The van der Waals surface area contributed by atoms with Gasteiger partial charge in [-0.2, -0.15) is 5.10 Å². The van der Waals surface area contributed by atoms with Crippen LogP contribution >= 0.6 is 11.6 Å². The van der Waals surface area contributed by atoms with Crippen LogP contribution in [0.2, 0.25) is 5.15 Å². The molecule has 0 saturated heterocycles. The number of ether oxygens (including phenoxy) is 1.